The van der Waals surface area contributed by atoms with Crippen molar-refractivity contribution in [1.82, 2.24) is 10.6 Å². The van der Waals surface area contributed by atoms with Crippen molar-refractivity contribution in [2.75, 3.05) is 13.1 Å². The molecule has 0 amide bonds. The summed E-state index contributed by atoms with van der Waals surface area (Å²) < 4.78 is 0. The molecular weight excluding hydrogens is 160 g/mol. The van der Waals surface area contributed by atoms with Crippen molar-refractivity contribution in [2.24, 2.45) is 0 Å². The minimum atomic E-state index is 0. The Hall–Kier alpha value is 0.210. The van der Waals surface area contributed by atoms with Crippen molar-refractivity contribution < 1.29 is 0 Å². The van der Waals surface area contributed by atoms with Crippen molar-refractivity contribution in [3.8, 4) is 0 Å². The Morgan fingerprint density at radius 3 is 2.27 bits per heavy atom. The molecule has 0 unspecified atom stereocenters. The Labute approximate surface area is 75.5 Å². The van der Waals surface area contributed by atoms with Gasteiger partial charge in [0, 0.05) is 12.1 Å². The smallest absolute Gasteiger partial charge is 0.00935 e. The molecule has 0 radical (unpaired) electrons. The number of piperidine rings is 1. The van der Waals surface area contributed by atoms with Crippen LogP contribution in [0.2, 0.25) is 0 Å². The quantitative estimate of drug-likeness (QED) is 0.663. The second kappa shape index (κ2) is 5.81. The number of halogens is 1. The largest absolute Gasteiger partial charge is 0.317 e. The van der Waals surface area contributed by atoms with Gasteiger partial charge >= 0.3 is 0 Å². The fourth-order valence-corrected chi connectivity index (χ4v) is 1.46. The second-order valence-electron chi connectivity index (χ2n) is 3.35. The van der Waals surface area contributed by atoms with E-state index in [1.807, 2.05) is 0 Å². The summed E-state index contributed by atoms with van der Waals surface area (Å²) in [4.78, 5) is 0. The van der Waals surface area contributed by atoms with Gasteiger partial charge in [0.25, 0.3) is 0 Å². The van der Waals surface area contributed by atoms with E-state index >= 15 is 0 Å². The predicted molar refractivity (Wildman–Crippen MR) is 51.4 cm³/mol. The third-order valence-corrected chi connectivity index (χ3v) is 1.91. The lowest BCUT2D eigenvalue weighted by Crippen LogP contribution is -2.42. The van der Waals surface area contributed by atoms with Crippen LogP contribution in [0.25, 0.3) is 0 Å². The molecule has 1 rings (SSSR count). The third-order valence-electron chi connectivity index (χ3n) is 1.91. The fraction of sp³-hybridized carbons (Fsp3) is 1.00. The Balaban J connectivity index is 0.000001000. The molecule has 11 heavy (non-hydrogen) atoms. The Bertz CT molecular complexity index is 90.1. The molecule has 0 aromatic carbocycles. The van der Waals surface area contributed by atoms with Crippen LogP contribution in [0.15, 0.2) is 0 Å². The highest BCUT2D eigenvalue weighted by Crippen LogP contribution is 2.02. The summed E-state index contributed by atoms with van der Waals surface area (Å²) in [5, 5.41) is 6.89. The first-order valence-electron chi connectivity index (χ1n) is 4.26. The first kappa shape index (κ1) is 11.2. The standard InChI is InChI=1S/C8H18N2.ClH/c1-7(2)10-8-3-5-9-6-4-8;/h7-10H,3-6H2,1-2H3;1H. The maximum Gasteiger partial charge on any atom is 0.00935 e. The lowest BCUT2D eigenvalue weighted by Gasteiger charge is -2.25. The molecule has 1 fully saturated rings. The van der Waals surface area contributed by atoms with Crippen molar-refractivity contribution >= 4 is 12.4 Å². The second-order valence-corrected chi connectivity index (χ2v) is 3.35. The van der Waals surface area contributed by atoms with Crippen LogP contribution in [0.5, 0.6) is 0 Å². The molecule has 2 nitrogen and oxygen atoms in total. The molecule has 2 N–H and O–H groups in total. The minimum absolute atomic E-state index is 0. The SMILES string of the molecule is CC(C)NC1CCNCC1.Cl. The molecule has 3 heteroatoms. The van der Waals surface area contributed by atoms with E-state index in [0.717, 1.165) is 6.04 Å². The van der Waals surface area contributed by atoms with Crippen LogP contribution in [0, 0.1) is 0 Å². The van der Waals surface area contributed by atoms with E-state index in [1.54, 1.807) is 0 Å². The molecule has 0 spiro atoms. The summed E-state index contributed by atoms with van der Waals surface area (Å²) in [7, 11) is 0. The highest BCUT2D eigenvalue weighted by atomic mass is 35.5. The van der Waals surface area contributed by atoms with Crippen LogP contribution in [-0.2, 0) is 0 Å². The van der Waals surface area contributed by atoms with Gasteiger partial charge < -0.3 is 10.6 Å². The first-order valence-corrected chi connectivity index (χ1v) is 4.26. The summed E-state index contributed by atoms with van der Waals surface area (Å²) in [6, 6.07) is 1.41. The van der Waals surface area contributed by atoms with E-state index in [2.05, 4.69) is 24.5 Å². The van der Waals surface area contributed by atoms with Gasteiger partial charge in [-0.2, -0.15) is 0 Å². The zero-order chi connectivity index (χ0) is 7.40. The van der Waals surface area contributed by atoms with Crippen LogP contribution in [0.3, 0.4) is 0 Å². The van der Waals surface area contributed by atoms with E-state index in [-0.39, 0.29) is 12.4 Å². The van der Waals surface area contributed by atoms with Gasteiger partial charge in [-0.3, -0.25) is 0 Å². The summed E-state index contributed by atoms with van der Waals surface area (Å²) in [6.07, 6.45) is 2.58. The highest BCUT2D eigenvalue weighted by Gasteiger charge is 2.12. The van der Waals surface area contributed by atoms with E-state index in [9.17, 15) is 0 Å². The van der Waals surface area contributed by atoms with E-state index in [1.165, 1.54) is 25.9 Å². The number of nitrogens with one attached hydrogen (secondary N) is 2. The van der Waals surface area contributed by atoms with Crippen LogP contribution in [0.1, 0.15) is 26.7 Å². The normalized spacial score (nSPS) is 19.9. The van der Waals surface area contributed by atoms with E-state index < -0.39 is 0 Å². The van der Waals surface area contributed by atoms with Crippen molar-refractivity contribution in [3.05, 3.63) is 0 Å². The monoisotopic (exact) mass is 178 g/mol. The fourth-order valence-electron chi connectivity index (χ4n) is 1.46. The summed E-state index contributed by atoms with van der Waals surface area (Å²) in [5.41, 5.74) is 0. The third kappa shape index (κ3) is 4.62. The topological polar surface area (TPSA) is 24.1 Å². The molecular formula is C8H19ClN2. The first-order chi connectivity index (χ1) is 4.79. The molecule has 1 heterocycles. The Kier molecular flexibility index (Phi) is 5.92. The van der Waals surface area contributed by atoms with Gasteiger partial charge in [-0.25, -0.2) is 0 Å². The van der Waals surface area contributed by atoms with Gasteiger partial charge in [0.05, 0.1) is 0 Å². The van der Waals surface area contributed by atoms with E-state index in [4.69, 9.17) is 0 Å². The molecule has 1 aliphatic rings. The van der Waals surface area contributed by atoms with Crippen molar-refractivity contribution in [3.63, 3.8) is 0 Å². The maximum absolute atomic E-state index is 3.54. The molecule has 0 aromatic rings. The minimum Gasteiger partial charge on any atom is -0.317 e. The zero-order valence-electron chi connectivity index (χ0n) is 7.39. The molecule has 0 aliphatic carbocycles. The van der Waals surface area contributed by atoms with Gasteiger partial charge in [-0.15, -0.1) is 12.4 Å². The van der Waals surface area contributed by atoms with Crippen LogP contribution in [-0.4, -0.2) is 25.2 Å². The molecule has 1 aliphatic heterocycles. The zero-order valence-corrected chi connectivity index (χ0v) is 8.21. The highest BCUT2D eigenvalue weighted by molar-refractivity contribution is 5.85. The van der Waals surface area contributed by atoms with Crippen LogP contribution < -0.4 is 10.6 Å². The lowest BCUT2D eigenvalue weighted by atomic mass is 10.1. The maximum atomic E-state index is 3.54. The Morgan fingerprint density at radius 1 is 1.27 bits per heavy atom. The number of hydrogen-bond donors (Lipinski definition) is 2. The van der Waals surface area contributed by atoms with Gasteiger partial charge in [-0.1, -0.05) is 13.8 Å². The van der Waals surface area contributed by atoms with Crippen LogP contribution in [0.4, 0.5) is 0 Å². The summed E-state index contributed by atoms with van der Waals surface area (Å²) in [5.74, 6) is 0. The van der Waals surface area contributed by atoms with E-state index in [0.29, 0.717) is 6.04 Å². The molecule has 68 valence electrons. The van der Waals surface area contributed by atoms with Crippen molar-refractivity contribution in [2.45, 2.75) is 38.8 Å². The van der Waals surface area contributed by atoms with Gasteiger partial charge in [-0.05, 0) is 25.9 Å². The summed E-state index contributed by atoms with van der Waals surface area (Å²) >= 11 is 0. The molecule has 0 saturated carbocycles. The van der Waals surface area contributed by atoms with Gasteiger partial charge in [0.1, 0.15) is 0 Å². The van der Waals surface area contributed by atoms with Gasteiger partial charge in [0.2, 0.25) is 0 Å². The van der Waals surface area contributed by atoms with Crippen LogP contribution >= 0.6 is 12.4 Å². The predicted octanol–water partition coefficient (Wildman–Crippen LogP) is 1.16. The number of hydrogen-bond acceptors (Lipinski definition) is 2. The average Bonchev–Trinajstić information content (AvgIpc) is 1.88. The Morgan fingerprint density at radius 2 is 1.82 bits per heavy atom. The molecule has 0 atom stereocenters. The average molecular weight is 179 g/mol. The molecule has 0 bridgehead atoms. The van der Waals surface area contributed by atoms with Gasteiger partial charge in [0.15, 0.2) is 0 Å². The summed E-state index contributed by atoms with van der Waals surface area (Å²) in [6.45, 7) is 6.79. The molecule has 0 aromatic heterocycles. The lowest BCUT2D eigenvalue weighted by molar-refractivity contribution is 0.364. The molecule has 1 saturated heterocycles. The number of rotatable bonds is 2. The van der Waals surface area contributed by atoms with Crippen molar-refractivity contribution in [1.29, 1.82) is 0 Å².